The standard InChI is InChI=1S/C12H12FNO4S/c1-19(17,18)11-9(16)4-3-8(10(11)13)12(14-7-15)5-2-6-12/h3-4,16H,2,5-6H2,1H3. The first-order chi connectivity index (χ1) is 8.82. The van der Waals surface area contributed by atoms with Crippen LogP contribution < -0.4 is 0 Å². The summed E-state index contributed by atoms with van der Waals surface area (Å²) in [5, 5.41) is 9.51. The van der Waals surface area contributed by atoms with Crippen LogP contribution in [0.4, 0.5) is 4.39 Å². The van der Waals surface area contributed by atoms with Crippen molar-refractivity contribution >= 4 is 15.9 Å². The van der Waals surface area contributed by atoms with Crippen molar-refractivity contribution in [3.8, 4) is 5.75 Å². The topological polar surface area (TPSA) is 83.8 Å². The van der Waals surface area contributed by atoms with Crippen LogP contribution in [0.25, 0.3) is 0 Å². The third kappa shape index (κ3) is 2.15. The molecule has 19 heavy (non-hydrogen) atoms. The van der Waals surface area contributed by atoms with E-state index in [1.54, 1.807) is 0 Å². The lowest BCUT2D eigenvalue weighted by molar-refractivity contribution is 0.245. The second-order valence-corrected chi connectivity index (χ2v) is 6.59. The Morgan fingerprint density at radius 2 is 2.05 bits per heavy atom. The number of isocyanates is 1. The first kappa shape index (κ1) is 13.7. The molecule has 0 amide bonds. The number of halogens is 1. The van der Waals surface area contributed by atoms with E-state index in [-0.39, 0.29) is 5.56 Å². The van der Waals surface area contributed by atoms with Crippen LogP contribution in [0.15, 0.2) is 22.0 Å². The highest BCUT2D eigenvalue weighted by Crippen LogP contribution is 2.47. The van der Waals surface area contributed by atoms with E-state index in [4.69, 9.17) is 0 Å². The summed E-state index contributed by atoms with van der Waals surface area (Å²) in [7, 11) is -3.91. The van der Waals surface area contributed by atoms with E-state index in [1.807, 2.05) is 0 Å². The number of hydrogen-bond donors (Lipinski definition) is 1. The van der Waals surface area contributed by atoms with Gasteiger partial charge in [-0.15, -0.1) is 0 Å². The Bertz CT molecular complexity index is 673. The lowest BCUT2D eigenvalue weighted by atomic mass is 9.72. The highest BCUT2D eigenvalue weighted by atomic mass is 32.2. The number of phenols is 1. The Balaban J connectivity index is 2.71. The first-order valence-corrected chi connectivity index (χ1v) is 7.52. The molecule has 1 aliphatic rings. The van der Waals surface area contributed by atoms with Gasteiger partial charge in [-0.05, 0) is 31.4 Å². The second-order valence-electron chi connectivity index (χ2n) is 4.64. The molecule has 1 N–H and O–H groups in total. The summed E-state index contributed by atoms with van der Waals surface area (Å²) < 4.78 is 37.4. The van der Waals surface area contributed by atoms with Gasteiger partial charge in [0.1, 0.15) is 16.2 Å². The third-order valence-corrected chi connectivity index (χ3v) is 4.52. The zero-order chi connectivity index (χ0) is 14.3. The van der Waals surface area contributed by atoms with Gasteiger partial charge in [-0.2, -0.15) is 4.99 Å². The molecule has 1 saturated carbocycles. The van der Waals surface area contributed by atoms with Gasteiger partial charge in [0.05, 0.1) is 0 Å². The summed E-state index contributed by atoms with van der Waals surface area (Å²) in [6, 6.07) is 2.37. The van der Waals surface area contributed by atoms with Gasteiger partial charge in [-0.1, -0.05) is 0 Å². The van der Waals surface area contributed by atoms with Crippen LogP contribution in [0, 0.1) is 5.82 Å². The number of hydrogen-bond acceptors (Lipinski definition) is 5. The summed E-state index contributed by atoms with van der Waals surface area (Å²) in [4.78, 5) is 13.3. The number of phenolic OH excluding ortho intramolecular Hbond substituents is 1. The van der Waals surface area contributed by atoms with Gasteiger partial charge < -0.3 is 5.11 Å². The van der Waals surface area contributed by atoms with Gasteiger partial charge in [0.15, 0.2) is 15.7 Å². The molecule has 0 atom stereocenters. The van der Waals surface area contributed by atoms with Crippen LogP contribution in [0.3, 0.4) is 0 Å². The van der Waals surface area contributed by atoms with Crippen LogP contribution in [0.1, 0.15) is 24.8 Å². The molecule has 0 bridgehead atoms. The van der Waals surface area contributed by atoms with Crippen LogP contribution in [-0.4, -0.2) is 25.9 Å². The van der Waals surface area contributed by atoms with Gasteiger partial charge in [0.2, 0.25) is 6.08 Å². The predicted octanol–water partition coefficient (Wildman–Crippen LogP) is 1.65. The number of nitrogens with zero attached hydrogens (tertiary/aromatic N) is 1. The molecule has 0 radical (unpaired) electrons. The molecule has 0 saturated heterocycles. The minimum Gasteiger partial charge on any atom is -0.506 e. The normalized spacial score (nSPS) is 17.4. The number of aliphatic imine (C=N–C) groups is 1. The maximum atomic E-state index is 14.3. The van der Waals surface area contributed by atoms with Crippen molar-refractivity contribution < 1.29 is 22.7 Å². The monoisotopic (exact) mass is 285 g/mol. The molecule has 1 aromatic carbocycles. The highest BCUT2D eigenvalue weighted by molar-refractivity contribution is 7.90. The number of aromatic hydroxyl groups is 1. The van der Waals surface area contributed by atoms with E-state index in [1.165, 1.54) is 12.1 Å². The Morgan fingerprint density at radius 1 is 1.42 bits per heavy atom. The van der Waals surface area contributed by atoms with Crippen LogP contribution >= 0.6 is 0 Å². The summed E-state index contributed by atoms with van der Waals surface area (Å²) in [6.07, 6.45) is 3.88. The molecule has 102 valence electrons. The number of rotatable bonds is 3. The lowest BCUT2D eigenvalue weighted by Gasteiger charge is -2.37. The summed E-state index contributed by atoms with van der Waals surface area (Å²) >= 11 is 0. The van der Waals surface area contributed by atoms with Crippen molar-refractivity contribution in [3.05, 3.63) is 23.5 Å². The van der Waals surface area contributed by atoms with Crippen molar-refractivity contribution in [2.75, 3.05) is 6.26 Å². The Kier molecular flexibility index (Phi) is 3.20. The fourth-order valence-electron chi connectivity index (χ4n) is 2.30. The Hall–Kier alpha value is -1.72. The molecule has 0 spiro atoms. The summed E-state index contributed by atoms with van der Waals surface area (Å²) in [5.41, 5.74) is -1.03. The van der Waals surface area contributed by atoms with E-state index in [0.717, 1.165) is 18.7 Å². The van der Waals surface area contributed by atoms with Gasteiger partial charge >= 0.3 is 0 Å². The maximum absolute atomic E-state index is 14.3. The van der Waals surface area contributed by atoms with Gasteiger partial charge in [-0.3, -0.25) is 0 Å². The third-order valence-electron chi connectivity index (χ3n) is 3.39. The molecular formula is C12H12FNO4S. The molecule has 0 aromatic heterocycles. The fraction of sp³-hybridized carbons (Fsp3) is 0.417. The summed E-state index contributed by atoms with van der Waals surface area (Å²) in [6.45, 7) is 0. The molecule has 7 heteroatoms. The van der Waals surface area contributed by atoms with Crippen molar-refractivity contribution in [1.82, 2.24) is 0 Å². The van der Waals surface area contributed by atoms with Crippen molar-refractivity contribution in [2.24, 2.45) is 4.99 Å². The quantitative estimate of drug-likeness (QED) is 0.676. The molecule has 2 rings (SSSR count). The van der Waals surface area contributed by atoms with E-state index in [9.17, 15) is 22.7 Å². The maximum Gasteiger partial charge on any atom is 0.235 e. The van der Waals surface area contributed by atoms with Crippen molar-refractivity contribution in [1.29, 1.82) is 0 Å². The smallest absolute Gasteiger partial charge is 0.235 e. The molecule has 5 nitrogen and oxygen atoms in total. The molecule has 0 heterocycles. The van der Waals surface area contributed by atoms with E-state index in [0.29, 0.717) is 12.8 Å². The molecular weight excluding hydrogens is 273 g/mol. The summed E-state index contributed by atoms with van der Waals surface area (Å²) in [5.74, 6) is -1.69. The SMILES string of the molecule is CS(=O)(=O)c1c(O)ccc(C2(N=C=O)CCC2)c1F. The zero-order valence-corrected chi connectivity index (χ0v) is 11.0. The molecule has 0 aliphatic heterocycles. The minimum absolute atomic E-state index is 0.0142. The molecule has 0 unspecified atom stereocenters. The van der Waals surface area contributed by atoms with E-state index >= 15 is 0 Å². The highest BCUT2D eigenvalue weighted by Gasteiger charge is 2.42. The number of carbonyl (C=O) groups excluding carboxylic acids is 1. The largest absolute Gasteiger partial charge is 0.506 e. The average molecular weight is 285 g/mol. The average Bonchev–Trinajstić information content (AvgIpc) is 2.22. The Morgan fingerprint density at radius 3 is 2.47 bits per heavy atom. The molecule has 1 aliphatic carbocycles. The van der Waals surface area contributed by atoms with Gasteiger partial charge in [0.25, 0.3) is 0 Å². The van der Waals surface area contributed by atoms with Gasteiger partial charge in [-0.25, -0.2) is 17.6 Å². The van der Waals surface area contributed by atoms with Crippen LogP contribution in [0.5, 0.6) is 5.75 Å². The lowest BCUT2D eigenvalue weighted by Crippen LogP contribution is -2.33. The van der Waals surface area contributed by atoms with Crippen LogP contribution in [-0.2, 0) is 20.2 Å². The number of sulfone groups is 1. The van der Waals surface area contributed by atoms with Crippen LogP contribution in [0.2, 0.25) is 0 Å². The van der Waals surface area contributed by atoms with Gasteiger partial charge in [0, 0.05) is 11.8 Å². The fourth-order valence-corrected chi connectivity index (χ4v) is 3.18. The number of benzene rings is 1. The molecule has 1 aromatic rings. The first-order valence-electron chi connectivity index (χ1n) is 5.63. The van der Waals surface area contributed by atoms with E-state index in [2.05, 4.69) is 4.99 Å². The van der Waals surface area contributed by atoms with E-state index < -0.39 is 31.8 Å². The second kappa shape index (κ2) is 4.43. The minimum atomic E-state index is -3.91. The van der Waals surface area contributed by atoms with Crippen molar-refractivity contribution in [3.63, 3.8) is 0 Å². The Labute approximate surface area is 109 Å². The predicted molar refractivity (Wildman–Crippen MR) is 64.8 cm³/mol. The zero-order valence-electron chi connectivity index (χ0n) is 10.2. The van der Waals surface area contributed by atoms with Crippen molar-refractivity contribution in [2.45, 2.75) is 29.7 Å². The molecule has 1 fully saturated rings.